The van der Waals surface area contributed by atoms with Crippen molar-refractivity contribution in [2.45, 2.75) is 32.7 Å². The molecule has 5 N–H and O–H groups in total. The zero-order valence-electron chi connectivity index (χ0n) is 19.5. The Morgan fingerprint density at radius 2 is 1.71 bits per heavy atom. The number of hydrogen-bond acceptors (Lipinski definition) is 7. The number of hydrazine groups is 1. The van der Waals surface area contributed by atoms with Crippen LogP contribution in [0.1, 0.15) is 37.2 Å². The number of carbonyl (C=O) groups is 1. The summed E-state index contributed by atoms with van der Waals surface area (Å²) >= 11 is 0. The Bertz CT molecular complexity index is 1300. The first-order valence-corrected chi connectivity index (χ1v) is 11.3. The lowest BCUT2D eigenvalue weighted by atomic mass is 10.1. The van der Waals surface area contributed by atoms with E-state index in [-0.39, 0.29) is 11.7 Å². The minimum absolute atomic E-state index is 0.00630. The number of amides is 1. The Hall–Kier alpha value is -3.99. The third-order valence-corrected chi connectivity index (χ3v) is 5.88. The highest BCUT2D eigenvalue weighted by Gasteiger charge is 2.24. The monoisotopic (exact) mass is 483 g/mol. The normalized spacial score (nSPS) is 13.4. The maximum Gasteiger partial charge on any atom is 0.276 e. The summed E-state index contributed by atoms with van der Waals surface area (Å²) in [6, 6.07) is 8.81. The first-order chi connectivity index (χ1) is 16.7. The quantitative estimate of drug-likeness (QED) is 0.280. The van der Waals surface area contributed by atoms with Crippen molar-refractivity contribution in [3.63, 3.8) is 0 Å². The second-order valence-electron chi connectivity index (χ2n) is 8.58. The van der Waals surface area contributed by atoms with Crippen molar-refractivity contribution >= 4 is 28.7 Å². The average molecular weight is 484 g/mol. The molecule has 0 spiro atoms. The third-order valence-electron chi connectivity index (χ3n) is 5.88. The van der Waals surface area contributed by atoms with Gasteiger partial charge in [-0.15, -0.1) is 0 Å². The molecule has 0 saturated carbocycles. The molecule has 4 rings (SSSR count). The van der Waals surface area contributed by atoms with E-state index in [1.54, 1.807) is 17.1 Å². The number of hydrogen-bond donors (Lipinski definition) is 3. The molecule has 2 heterocycles. The number of nitrogens with one attached hydrogen (secondary N) is 1. The van der Waals surface area contributed by atoms with Crippen molar-refractivity contribution in [3.8, 4) is 5.69 Å². The Morgan fingerprint density at radius 1 is 1.06 bits per heavy atom. The van der Waals surface area contributed by atoms with Crippen LogP contribution in [0.15, 0.2) is 47.3 Å². The van der Waals surface area contributed by atoms with Gasteiger partial charge in [-0.2, -0.15) is 9.78 Å². The highest BCUT2D eigenvalue weighted by atomic mass is 19.1. The molecular formula is C24H27F2N7O2. The second kappa shape index (κ2) is 9.71. The van der Waals surface area contributed by atoms with Crippen molar-refractivity contribution in [3.05, 3.63) is 70.1 Å². The van der Waals surface area contributed by atoms with E-state index in [0.717, 1.165) is 44.1 Å². The summed E-state index contributed by atoms with van der Waals surface area (Å²) in [5, 5.41) is 8.26. The van der Waals surface area contributed by atoms with Gasteiger partial charge in [-0.1, -0.05) is 6.07 Å². The summed E-state index contributed by atoms with van der Waals surface area (Å²) < 4.78 is 29.0. The predicted octanol–water partition coefficient (Wildman–Crippen LogP) is 3.03. The molecule has 3 aromatic rings. The van der Waals surface area contributed by atoms with E-state index in [2.05, 4.69) is 15.3 Å². The van der Waals surface area contributed by atoms with Gasteiger partial charge in [0.05, 0.1) is 22.7 Å². The maximum atomic E-state index is 14.3. The predicted molar refractivity (Wildman–Crippen MR) is 132 cm³/mol. The van der Waals surface area contributed by atoms with Gasteiger partial charge in [0.1, 0.15) is 11.4 Å². The van der Waals surface area contributed by atoms with Crippen LogP contribution in [0.2, 0.25) is 0 Å². The number of halogens is 2. The van der Waals surface area contributed by atoms with Crippen molar-refractivity contribution in [1.29, 1.82) is 0 Å². The third kappa shape index (κ3) is 4.67. The van der Waals surface area contributed by atoms with Crippen molar-refractivity contribution < 1.29 is 13.6 Å². The van der Waals surface area contributed by atoms with Gasteiger partial charge in [0.15, 0.2) is 11.6 Å². The summed E-state index contributed by atoms with van der Waals surface area (Å²) in [4.78, 5) is 27.5. The van der Waals surface area contributed by atoms with Gasteiger partial charge < -0.3 is 21.0 Å². The number of carbonyl (C=O) groups excluding carboxylic acids is 1. The topological polar surface area (TPSA) is 123 Å². The van der Waals surface area contributed by atoms with Gasteiger partial charge in [0.25, 0.3) is 11.5 Å². The lowest BCUT2D eigenvalue weighted by molar-refractivity contribution is 0.102. The second-order valence-corrected chi connectivity index (χ2v) is 8.58. The van der Waals surface area contributed by atoms with E-state index < -0.39 is 28.8 Å². The summed E-state index contributed by atoms with van der Waals surface area (Å²) in [5.41, 5.74) is 6.99. The minimum Gasteiger partial charge on any atom is -0.395 e. The lowest BCUT2D eigenvalue weighted by Crippen LogP contribution is -2.38. The number of anilines is 4. The standard InChI is InChI=1S/C24H27F2N7O2/c1-14(2)32(28)19-10-8-17(23(21(19)27)31-12-3-4-13-31)29-24(35)18-9-11-20(34)33(30-18)22-15(25)6-5-7-16(22)26/h5-11,14H,3-4,12-13,27-28H2,1-2H3,(H,29,35). The summed E-state index contributed by atoms with van der Waals surface area (Å²) in [6.45, 7) is 5.39. The highest BCUT2D eigenvalue weighted by molar-refractivity contribution is 6.06. The fourth-order valence-corrected chi connectivity index (χ4v) is 4.05. The van der Waals surface area contributed by atoms with E-state index in [9.17, 15) is 18.4 Å². The van der Waals surface area contributed by atoms with Gasteiger partial charge >= 0.3 is 0 Å². The average Bonchev–Trinajstić information content (AvgIpc) is 3.34. The van der Waals surface area contributed by atoms with E-state index in [0.29, 0.717) is 27.4 Å². The van der Waals surface area contributed by atoms with Crippen LogP contribution in [-0.4, -0.2) is 34.8 Å². The van der Waals surface area contributed by atoms with E-state index >= 15 is 0 Å². The fraction of sp³-hybridized carbons (Fsp3) is 0.292. The lowest BCUT2D eigenvalue weighted by Gasteiger charge is -2.30. The number of rotatable bonds is 6. The molecule has 35 heavy (non-hydrogen) atoms. The van der Waals surface area contributed by atoms with Crippen LogP contribution in [-0.2, 0) is 0 Å². The molecule has 0 aliphatic carbocycles. The van der Waals surface area contributed by atoms with Crippen LogP contribution in [0, 0.1) is 11.6 Å². The molecule has 1 aliphatic rings. The Labute approximate surface area is 200 Å². The molecule has 1 saturated heterocycles. The number of nitrogens with zero attached hydrogens (tertiary/aromatic N) is 4. The highest BCUT2D eigenvalue weighted by Crippen LogP contribution is 2.41. The Balaban J connectivity index is 1.73. The number of nitrogen functional groups attached to an aromatic ring is 1. The number of nitrogens with two attached hydrogens (primary N) is 2. The van der Waals surface area contributed by atoms with Crippen LogP contribution in [0.25, 0.3) is 5.69 Å². The molecule has 0 bridgehead atoms. The Kier molecular flexibility index (Phi) is 6.70. The number of aromatic nitrogens is 2. The smallest absolute Gasteiger partial charge is 0.276 e. The van der Waals surface area contributed by atoms with Crippen LogP contribution in [0.3, 0.4) is 0 Å². The molecule has 9 nitrogen and oxygen atoms in total. The SMILES string of the molecule is CC(C)N(N)c1ccc(NC(=O)c2ccc(=O)n(-c3c(F)cccc3F)n2)c(N2CCCC2)c1N. The molecule has 1 aromatic heterocycles. The zero-order valence-corrected chi connectivity index (χ0v) is 19.5. The molecule has 184 valence electrons. The number of benzene rings is 2. The molecule has 1 aliphatic heterocycles. The molecular weight excluding hydrogens is 456 g/mol. The van der Waals surface area contributed by atoms with Gasteiger partial charge in [0.2, 0.25) is 0 Å². The van der Waals surface area contributed by atoms with Crippen LogP contribution in [0.4, 0.5) is 31.5 Å². The summed E-state index contributed by atoms with van der Waals surface area (Å²) in [7, 11) is 0. The molecule has 2 aromatic carbocycles. The van der Waals surface area contributed by atoms with E-state index in [1.165, 1.54) is 12.1 Å². The van der Waals surface area contributed by atoms with Crippen LogP contribution in [0.5, 0.6) is 0 Å². The van der Waals surface area contributed by atoms with Crippen molar-refractivity contribution in [2.75, 3.05) is 34.0 Å². The molecule has 0 atom stereocenters. The summed E-state index contributed by atoms with van der Waals surface area (Å²) in [6.07, 6.45) is 1.96. The number of para-hydroxylation sites is 1. The summed E-state index contributed by atoms with van der Waals surface area (Å²) in [5.74, 6) is 3.58. The minimum atomic E-state index is -0.978. The van der Waals surface area contributed by atoms with Crippen LogP contribution < -0.4 is 32.4 Å². The van der Waals surface area contributed by atoms with Crippen LogP contribution >= 0.6 is 0 Å². The largest absolute Gasteiger partial charge is 0.395 e. The first-order valence-electron chi connectivity index (χ1n) is 11.3. The van der Waals surface area contributed by atoms with Gasteiger partial charge in [-0.05, 0) is 57.0 Å². The first kappa shape index (κ1) is 24.1. The molecule has 1 amide bonds. The van der Waals surface area contributed by atoms with Crippen molar-refractivity contribution in [1.82, 2.24) is 9.78 Å². The van der Waals surface area contributed by atoms with Gasteiger partial charge in [0, 0.05) is 25.2 Å². The molecule has 0 radical (unpaired) electrons. The van der Waals surface area contributed by atoms with E-state index in [1.807, 2.05) is 13.8 Å². The van der Waals surface area contributed by atoms with Gasteiger partial charge in [-0.25, -0.2) is 14.6 Å². The van der Waals surface area contributed by atoms with E-state index in [4.69, 9.17) is 11.6 Å². The fourth-order valence-electron chi connectivity index (χ4n) is 4.05. The molecule has 1 fully saturated rings. The Morgan fingerprint density at radius 3 is 2.34 bits per heavy atom. The van der Waals surface area contributed by atoms with Crippen molar-refractivity contribution in [2.24, 2.45) is 5.84 Å². The molecule has 11 heteroatoms. The van der Waals surface area contributed by atoms with Gasteiger partial charge in [-0.3, -0.25) is 9.59 Å². The maximum absolute atomic E-state index is 14.3. The zero-order chi connectivity index (χ0) is 25.3. The molecule has 0 unspecified atom stereocenters.